The molecule has 2 aliphatic rings. The van der Waals surface area contributed by atoms with E-state index in [9.17, 15) is 9.59 Å². The Morgan fingerprint density at radius 1 is 1.08 bits per heavy atom. The molecule has 1 fully saturated rings. The summed E-state index contributed by atoms with van der Waals surface area (Å²) >= 11 is 1.67. The summed E-state index contributed by atoms with van der Waals surface area (Å²) in [6, 6.07) is 16.2. The molecule has 0 spiro atoms. The van der Waals surface area contributed by atoms with Gasteiger partial charge in [0.15, 0.2) is 0 Å². The van der Waals surface area contributed by atoms with Gasteiger partial charge in [0.05, 0.1) is 5.92 Å². The maximum absolute atomic E-state index is 13.2. The number of fused-ring (bicyclic) bond motifs is 1. The zero-order chi connectivity index (χ0) is 18.3. The largest absolute Gasteiger partial charge is 0.312 e. The highest BCUT2D eigenvalue weighted by Gasteiger charge is 2.40. The summed E-state index contributed by atoms with van der Waals surface area (Å²) in [5.41, 5.74) is 3.08. The van der Waals surface area contributed by atoms with Crippen molar-refractivity contribution in [1.29, 1.82) is 0 Å². The van der Waals surface area contributed by atoms with E-state index in [1.54, 1.807) is 16.7 Å². The van der Waals surface area contributed by atoms with Gasteiger partial charge < -0.3 is 9.80 Å². The van der Waals surface area contributed by atoms with E-state index in [1.807, 2.05) is 53.6 Å². The monoisotopic (exact) mass is 366 g/mol. The van der Waals surface area contributed by atoms with E-state index in [4.69, 9.17) is 0 Å². The minimum atomic E-state index is -0.281. The quantitative estimate of drug-likeness (QED) is 0.777. The molecule has 134 valence electrons. The van der Waals surface area contributed by atoms with Crippen LogP contribution in [0.2, 0.25) is 0 Å². The molecular weight excluding hydrogens is 344 g/mol. The van der Waals surface area contributed by atoms with Gasteiger partial charge in [0.25, 0.3) is 0 Å². The fourth-order valence-electron chi connectivity index (χ4n) is 3.98. The SMILES string of the molecule is CSc1ccc(N2C[C@@H](C(=O)N3c4ccccc4C[C@@H]3C)CC2=O)cc1. The van der Waals surface area contributed by atoms with Crippen molar-refractivity contribution >= 4 is 35.0 Å². The molecule has 0 bridgehead atoms. The molecular formula is C21H22N2O2S. The predicted octanol–water partition coefficient (Wildman–Crippen LogP) is 3.74. The van der Waals surface area contributed by atoms with E-state index in [2.05, 4.69) is 13.0 Å². The highest BCUT2D eigenvalue weighted by molar-refractivity contribution is 7.98. The van der Waals surface area contributed by atoms with Crippen molar-refractivity contribution in [3.63, 3.8) is 0 Å². The van der Waals surface area contributed by atoms with Crippen LogP contribution in [0.15, 0.2) is 53.4 Å². The van der Waals surface area contributed by atoms with Crippen LogP contribution in [0.3, 0.4) is 0 Å². The Labute approximate surface area is 158 Å². The first kappa shape index (κ1) is 17.2. The summed E-state index contributed by atoms with van der Waals surface area (Å²) in [5, 5.41) is 0. The molecule has 0 aliphatic carbocycles. The highest BCUT2D eigenvalue weighted by atomic mass is 32.2. The molecule has 0 unspecified atom stereocenters. The molecule has 2 aromatic rings. The molecule has 2 heterocycles. The second-order valence-electron chi connectivity index (χ2n) is 6.99. The maximum atomic E-state index is 13.2. The van der Waals surface area contributed by atoms with Crippen molar-refractivity contribution in [3.8, 4) is 0 Å². The molecule has 0 aromatic heterocycles. The summed E-state index contributed by atoms with van der Waals surface area (Å²) in [6.45, 7) is 2.54. The number of para-hydroxylation sites is 1. The lowest BCUT2D eigenvalue weighted by Crippen LogP contribution is -2.41. The second-order valence-corrected chi connectivity index (χ2v) is 7.87. The lowest BCUT2D eigenvalue weighted by molar-refractivity contribution is -0.124. The van der Waals surface area contributed by atoms with Gasteiger partial charge in [-0.25, -0.2) is 0 Å². The summed E-state index contributed by atoms with van der Waals surface area (Å²) < 4.78 is 0. The third kappa shape index (κ3) is 2.90. The Bertz CT molecular complexity index is 849. The number of anilines is 2. The maximum Gasteiger partial charge on any atom is 0.232 e. The number of amides is 2. The van der Waals surface area contributed by atoms with Crippen molar-refractivity contribution in [3.05, 3.63) is 54.1 Å². The van der Waals surface area contributed by atoms with E-state index >= 15 is 0 Å². The van der Waals surface area contributed by atoms with E-state index in [1.165, 1.54) is 5.56 Å². The topological polar surface area (TPSA) is 40.6 Å². The molecule has 2 aliphatic heterocycles. The first-order chi connectivity index (χ1) is 12.6. The Morgan fingerprint density at radius 3 is 2.54 bits per heavy atom. The van der Waals surface area contributed by atoms with Crippen molar-refractivity contribution in [2.45, 2.75) is 30.7 Å². The average molecular weight is 366 g/mol. The van der Waals surface area contributed by atoms with Crippen molar-refractivity contribution < 1.29 is 9.59 Å². The van der Waals surface area contributed by atoms with Gasteiger partial charge in [-0.3, -0.25) is 9.59 Å². The fraction of sp³-hybridized carbons (Fsp3) is 0.333. The first-order valence-corrected chi connectivity index (χ1v) is 10.2. The Kier molecular flexibility index (Phi) is 4.49. The van der Waals surface area contributed by atoms with Crippen LogP contribution in [-0.4, -0.2) is 30.7 Å². The number of benzene rings is 2. The Balaban J connectivity index is 1.54. The second kappa shape index (κ2) is 6.80. The van der Waals surface area contributed by atoms with Crippen molar-refractivity contribution in [2.75, 3.05) is 22.6 Å². The van der Waals surface area contributed by atoms with Gasteiger partial charge in [-0.1, -0.05) is 18.2 Å². The van der Waals surface area contributed by atoms with E-state index < -0.39 is 0 Å². The van der Waals surface area contributed by atoms with Crippen LogP contribution in [0.4, 0.5) is 11.4 Å². The zero-order valence-electron chi connectivity index (χ0n) is 15.0. The average Bonchev–Trinajstić information content (AvgIpc) is 3.20. The van der Waals surface area contributed by atoms with Crippen molar-refractivity contribution in [2.24, 2.45) is 5.92 Å². The lowest BCUT2D eigenvalue weighted by atomic mass is 10.1. The zero-order valence-corrected chi connectivity index (χ0v) is 15.8. The lowest BCUT2D eigenvalue weighted by Gasteiger charge is -2.26. The minimum Gasteiger partial charge on any atom is -0.312 e. The molecule has 0 saturated carbocycles. The van der Waals surface area contributed by atoms with Gasteiger partial charge in [-0.05, 0) is 55.5 Å². The van der Waals surface area contributed by atoms with Gasteiger partial charge >= 0.3 is 0 Å². The number of nitrogens with zero attached hydrogens (tertiary/aromatic N) is 2. The first-order valence-electron chi connectivity index (χ1n) is 8.94. The van der Waals surface area contributed by atoms with Crippen LogP contribution >= 0.6 is 11.8 Å². The number of hydrogen-bond donors (Lipinski definition) is 0. The molecule has 2 amide bonds. The van der Waals surface area contributed by atoms with Crippen LogP contribution in [0.1, 0.15) is 18.9 Å². The summed E-state index contributed by atoms with van der Waals surface area (Å²) in [4.78, 5) is 30.5. The van der Waals surface area contributed by atoms with Crippen LogP contribution in [0.25, 0.3) is 0 Å². The van der Waals surface area contributed by atoms with Crippen LogP contribution in [-0.2, 0) is 16.0 Å². The summed E-state index contributed by atoms with van der Waals surface area (Å²) in [5.74, 6) is -0.184. The van der Waals surface area contributed by atoms with E-state index in [-0.39, 0.29) is 30.2 Å². The molecule has 26 heavy (non-hydrogen) atoms. The normalized spacial score (nSPS) is 22.0. The van der Waals surface area contributed by atoms with Gasteiger partial charge in [0.1, 0.15) is 0 Å². The van der Waals surface area contributed by atoms with Crippen LogP contribution < -0.4 is 9.80 Å². The standard InChI is InChI=1S/C21H22N2O2S/c1-14-11-15-5-3-4-6-19(15)23(14)21(25)16-12-20(24)22(13-16)17-7-9-18(26-2)10-8-17/h3-10,14,16H,11-13H2,1-2H3/t14-,16-/m0/s1. The molecule has 0 N–H and O–H groups in total. The molecule has 2 aromatic carbocycles. The third-order valence-corrected chi connectivity index (χ3v) is 6.05. The molecule has 0 radical (unpaired) electrons. The fourth-order valence-corrected chi connectivity index (χ4v) is 4.39. The van der Waals surface area contributed by atoms with E-state index in [0.717, 1.165) is 22.7 Å². The molecule has 5 heteroatoms. The van der Waals surface area contributed by atoms with Gasteiger partial charge in [-0.15, -0.1) is 11.8 Å². The molecule has 1 saturated heterocycles. The number of rotatable bonds is 3. The van der Waals surface area contributed by atoms with Gasteiger partial charge in [-0.2, -0.15) is 0 Å². The Hall–Kier alpha value is -2.27. The van der Waals surface area contributed by atoms with Crippen LogP contribution in [0.5, 0.6) is 0 Å². The summed E-state index contributed by atoms with van der Waals surface area (Å²) in [6.07, 6.45) is 3.19. The number of carbonyl (C=O) groups excluding carboxylic acids is 2. The number of thioether (sulfide) groups is 1. The third-order valence-electron chi connectivity index (χ3n) is 5.30. The Morgan fingerprint density at radius 2 is 1.81 bits per heavy atom. The molecule has 4 nitrogen and oxygen atoms in total. The van der Waals surface area contributed by atoms with Gasteiger partial charge in [0.2, 0.25) is 11.8 Å². The summed E-state index contributed by atoms with van der Waals surface area (Å²) in [7, 11) is 0. The molecule has 2 atom stereocenters. The van der Waals surface area contributed by atoms with E-state index in [0.29, 0.717) is 6.54 Å². The predicted molar refractivity (Wildman–Crippen MR) is 106 cm³/mol. The number of hydrogen-bond acceptors (Lipinski definition) is 3. The van der Waals surface area contributed by atoms with Crippen molar-refractivity contribution in [1.82, 2.24) is 0 Å². The number of carbonyl (C=O) groups is 2. The van der Waals surface area contributed by atoms with Gasteiger partial charge in [0, 0.05) is 35.3 Å². The molecule has 4 rings (SSSR count). The smallest absolute Gasteiger partial charge is 0.232 e. The highest BCUT2D eigenvalue weighted by Crippen LogP contribution is 2.35. The minimum absolute atomic E-state index is 0.0281. The van der Waals surface area contributed by atoms with Crippen LogP contribution in [0, 0.1) is 5.92 Å².